The molecule has 0 bridgehead atoms. The van der Waals surface area contributed by atoms with Crippen LogP contribution in [0.5, 0.6) is 0 Å². The molecule has 0 rings (SSSR count). The molecule has 0 amide bonds. The summed E-state index contributed by atoms with van der Waals surface area (Å²) in [6.07, 6.45) is 1.14. The number of rotatable bonds is 3. The van der Waals surface area contributed by atoms with Crippen LogP contribution >= 0.6 is 0 Å². The van der Waals surface area contributed by atoms with Gasteiger partial charge in [0.2, 0.25) is 0 Å². The molecule has 2 nitrogen and oxygen atoms in total. The Balaban J connectivity index is 0. The van der Waals surface area contributed by atoms with Crippen LogP contribution in [0.25, 0.3) is 0 Å². The molecular formula is C5H13KO2. The molecule has 0 fully saturated rings. The third kappa shape index (κ3) is 7.56. The topological polar surface area (TPSA) is 40.5 Å². The first-order chi connectivity index (χ1) is 3.31. The molecule has 0 radical (unpaired) electrons. The second-order valence-electron chi connectivity index (χ2n) is 1.63. The summed E-state index contributed by atoms with van der Waals surface area (Å²) in [6, 6.07) is 0. The summed E-state index contributed by atoms with van der Waals surface area (Å²) in [5.41, 5.74) is 0. The van der Waals surface area contributed by atoms with Gasteiger partial charge in [-0.05, 0) is 6.42 Å². The molecule has 1 atom stereocenters. The summed E-state index contributed by atoms with van der Waals surface area (Å²) in [4.78, 5) is 0. The summed E-state index contributed by atoms with van der Waals surface area (Å²) >= 11 is 0. The van der Waals surface area contributed by atoms with Crippen molar-refractivity contribution in [1.82, 2.24) is 0 Å². The minimum atomic E-state index is -0.495. The van der Waals surface area contributed by atoms with E-state index in [1.807, 2.05) is 6.92 Å². The molecule has 0 aromatic rings. The maximum absolute atomic E-state index is 8.61. The van der Waals surface area contributed by atoms with Gasteiger partial charge in [0.05, 0.1) is 12.7 Å². The third-order valence-electron chi connectivity index (χ3n) is 0.833. The van der Waals surface area contributed by atoms with Crippen molar-refractivity contribution in [2.45, 2.75) is 25.9 Å². The van der Waals surface area contributed by atoms with E-state index < -0.39 is 6.10 Å². The van der Waals surface area contributed by atoms with Crippen LogP contribution in [0.2, 0.25) is 0 Å². The van der Waals surface area contributed by atoms with Crippen molar-refractivity contribution in [3.63, 3.8) is 0 Å². The Morgan fingerprint density at radius 2 is 2.00 bits per heavy atom. The summed E-state index contributed by atoms with van der Waals surface area (Å²) < 4.78 is 0. The molecule has 0 saturated carbocycles. The fraction of sp³-hybridized carbons (Fsp3) is 1.00. The van der Waals surface area contributed by atoms with E-state index in [0.29, 0.717) is 6.42 Å². The van der Waals surface area contributed by atoms with Crippen LogP contribution in [-0.2, 0) is 0 Å². The van der Waals surface area contributed by atoms with Crippen molar-refractivity contribution >= 4 is 51.4 Å². The quantitative estimate of drug-likeness (QED) is 0.524. The fourth-order valence-corrected chi connectivity index (χ4v) is 0.425. The molecule has 1 unspecified atom stereocenters. The SMILES string of the molecule is CCCC(O)CO.[KH]. The van der Waals surface area contributed by atoms with Crippen molar-refractivity contribution in [2.24, 2.45) is 0 Å². The van der Waals surface area contributed by atoms with Crippen LogP contribution in [0.3, 0.4) is 0 Å². The van der Waals surface area contributed by atoms with Gasteiger partial charge in [-0.3, -0.25) is 0 Å². The van der Waals surface area contributed by atoms with Gasteiger partial charge in [0.1, 0.15) is 0 Å². The first-order valence-electron chi connectivity index (χ1n) is 2.60. The van der Waals surface area contributed by atoms with Gasteiger partial charge >= 0.3 is 51.4 Å². The van der Waals surface area contributed by atoms with Crippen LogP contribution in [0, 0.1) is 0 Å². The Bertz CT molecular complexity index is 41.4. The van der Waals surface area contributed by atoms with E-state index in [9.17, 15) is 0 Å². The Labute approximate surface area is 92.7 Å². The van der Waals surface area contributed by atoms with E-state index >= 15 is 0 Å². The predicted octanol–water partition coefficient (Wildman–Crippen LogP) is -0.509. The van der Waals surface area contributed by atoms with Gasteiger partial charge in [0.15, 0.2) is 0 Å². The molecule has 0 heterocycles. The molecule has 0 aliphatic carbocycles. The van der Waals surface area contributed by atoms with Crippen LogP contribution in [0.1, 0.15) is 19.8 Å². The molecule has 0 spiro atoms. The summed E-state index contributed by atoms with van der Waals surface area (Å²) in [5, 5.41) is 16.8. The molecule has 0 saturated heterocycles. The van der Waals surface area contributed by atoms with Crippen LogP contribution in [0.4, 0.5) is 0 Å². The average Bonchev–Trinajstić information content (AvgIpc) is 1.68. The molecule has 2 N–H and O–H groups in total. The van der Waals surface area contributed by atoms with E-state index in [4.69, 9.17) is 10.2 Å². The van der Waals surface area contributed by atoms with Gasteiger partial charge in [0, 0.05) is 0 Å². The second kappa shape index (κ2) is 8.56. The molecular weight excluding hydrogens is 131 g/mol. The van der Waals surface area contributed by atoms with Gasteiger partial charge < -0.3 is 10.2 Å². The van der Waals surface area contributed by atoms with Crippen molar-refractivity contribution in [2.75, 3.05) is 6.61 Å². The predicted molar refractivity (Wildman–Crippen MR) is 35.1 cm³/mol. The molecule has 0 aromatic carbocycles. The molecule has 0 aliphatic rings. The summed E-state index contributed by atoms with van der Waals surface area (Å²) in [5.74, 6) is 0. The zero-order valence-corrected chi connectivity index (χ0v) is 4.59. The number of hydrogen-bond acceptors (Lipinski definition) is 2. The van der Waals surface area contributed by atoms with Crippen molar-refractivity contribution in [1.29, 1.82) is 0 Å². The van der Waals surface area contributed by atoms with Gasteiger partial charge in [-0.1, -0.05) is 13.3 Å². The van der Waals surface area contributed by atoms with Crippen LogP contribution < -0.4 is 0 Å². The Hall–Kier alpha value is 1.56. The number of aliphatic hydroxyl groups is 2. The van der Waals surface area contributed by atoms with Gasteiger partial charge in [-0.15, -0.1) is 0 Å². The van der Waals surface area contributed by atoms with Crippen molar-refractivity contribution < 1.29 is 10.2 Å². The summed E-state index contributed by atoms with van der Waals surface area (Å²) in [6.45, 7) is 1.87. The zero-order chi connectivity index (χ0) is 5.70. The maximum atomic E-state index is 8.61. The zero-order valence-electron chi connectivity index (χ0n) is 4.59. The first kappa shape index (κ1) is 12.3. The Morgan fingerprint density at radius 1 is 1.50 bits per heavy atom. The van der Waals surface area contributed by atoms with Crippen LogP contribution in [0.15, 0.2) is 0 Å². The Kier molecular flexibility index (Phi) is 13.1. The van der Waals surface area contributed by atoms with Gasteiger partial charge in [0.25, 0.3) is 0 Å². The van der Waals surface area contributed by atoms with E-state index in [1.54, 1.807) is 0 Å². The summed E-state index contributed by atoms with van der Waals surface area (Å²) in [7, 11) is 0. The molecule has 3 heteroatoms. The average molecular weight is 144 g/mol. The van der Waals surface area contributed by atoms with Gasteiger partial charge in [-0.25, -0.2) is 0 Å². The fourth-order valence-electron chi connectivity index (χ4n) is 0.425. The second-order valence-corrected chi connectivity index (χ2v) is 1.63. The van der Waals surface area contributed by atoms with Crippen molar-refractivity contribution in [3.05, 3.63) is 0 Å². The van der Waals surface area contributed by atoms with E-state index in [2.05, 4.69) is 0 Å². The molecule has 0 aliphatic heterocycles. The third-order valence-corrected chi connectivity index (χ3v) is 0.833. The first-order valence-corrected chi connectivity index (χ1v) is 2.60. The van der Waals surface area contributed by atoms with E-state index in [1.165, 1.54) is 0 Å². The van der Waals surface area contributed by atoms with Crippen molar-refractivity contribution in [3.8, 4) is 0 Å². The van der Waals surface area contributed by atoms with E-state index in [-0.39, 0.29) is 58.0 Å². The normalized spacial score (nSPS) is 12.4. The Morgan fingerprint density at radius 3 is 2.12 bits per heavy atom. The standard InChI is InChI=1S/C5H12O2.K.H/c1-2-3-5(7)4-6;;/h5-7H,2-4H2,1H3;;. The van der Waals surface area contributed by atoms with Crippen LogP contribution in [-0.4, -0.2) is 74.3 Å². The van der Waals surface area contributed by atoms with E-state index in [0.717, 1.165) is 6.42 Å². The molecule has 8 heavy (non-hydrogen) atoms. The number of aliphatic hydroxyl groups excluding tert-OH is 2. The molecule has 0 aromatic heterocycles. The minimum absolute atomic E-state index is 0. The monoisotopic (exact) mass is 144 g/mol. The van der Waals surface area contributed by atoms with Gasteiger partial charge in [-0.2, -0.15) is 0 Å². The molecule has 46 valence electrons. The number of hydrogen-bond donors (Lipinski definition) is 2.